The van der Waals surface area contributed by atoms with Crippen molar-refractivity contribution in [2.24, 2.45) is 0 Å². The summed E-state index contributed by atoms with van der Waals surface area (Å²) in [5, 5.41) is 3.29. The highest BCUT2D eigenvalue weighted by molar-refractivity contribution is 9.10. The molecular formula is C11H11BrN4. The largest absolute Gasteiger partial charge is 0.362 e. The Morgan fingerprint density at radius 2 is 2.19 bits per heavy atom. The zero-order valence-electron chi connectivity index (χ0n) is 8.76. The average Bonchev–Trinajstić information content (AvgIpc) is 2.33. The van der Waals surface area contributed by atoms with Gasteiger partial charge in [0.05, 0.1) is 10.5 Å². The number of hydrogen-bond donors (Lipinski definition) is 1. The second kappa shape index (κ2) is 5.03. The summed E-state index contributed by atoms with van der Waals surface area (Å²) in [7, 11) is 0. The average molecular weight is 279 g/mol. The summed E-state index contributed by atoms with van der Waals surface area (Å²) in [6.45, 7) is 2.06. The van der Waals surface area contributed by atoms with Crippen LogP contribution in [0.15, 0.2) is 41.5 Å². The van der Waals surface area contributed by atoms with Crippen LogP contribution in [0.4, 0.5) is 5.82 Å². The molecule has 0 amide bonds. The first-order valence-corrected chi connectivity index (χ1v) is 5.68. The van der Waals surface area contributed by atoms with Crippen molar-refractivity contribution in [2.75, 3.05) is 5.32 Å². The van der Waals surface area contributed by atoms with E-state index in [1.807, 2.05) is 18.3 Å². The summed E-state index contributed by atoms with van der Waals surface area (Å²) in [6, 6.07) is 4.10. The van der Waals surface area contributed by atoms with Crippen LogP contribution in [0.1, 0.15) is 18.5 Å². The van der Waals surface area contributed by atoms with Gasteiger partial charge in [-0.1, -0.05) is 6.07 Å². The molecule has 0 aromatic carbocycles. The topological polar surface area (TPSA) is 50.7 Å². The van der Waals surface area contributed by atoms with Crippen LogP contribution in [0.5, 0.6) is 0 Å². The van der Waals surface area contributed by atoms with E-state index in [2.05, 4.69) is 43.1 Å². The predicted molar refractivity (Wildman–Crippen MR) is 66.0 cm³/mol. The Morgan fingerprint density at radius 1 is 1.31 bits per heavy atom. The predicted octanol–water partition coefficient (Wildman–Crippen LogP) is 2.81. The first-order chi connectivity index (χ1) is 7.77. The lowest BCUT2D eigenvalue weighted by Gasteiger charge is -2.14. The second-order valence-electron chi connectivity index (χ2n) is 3.37. The SMILES string of the molecule is CC(Nc1ncncc1Br)c1cccnc1. The van der Waals surface area contributed by atoms with E-state index in [1.54, 1.807) is 12.4 Å². The first kappa shape index (κ1) is 11.0. The molecule has 0 aliphatic rings. The van der Waals surface area contributed by atoms with Crippen molar-refractivity contribution in [3.63, 3.8) is 0 Å². The highest BCUT2D eigenvalue weighted by atomic mass is 79.9. The van der Waals surface area contributed by atoms with Crippen molar-refractivity contribution in [2.45, 2.75) is 13.0 Å². The molecule has 0 fully saturated rings. The third-order valence-corrected chi connectivity index (χ3v) is 2.79. The van der Waals surface area contributed by atoms with Crippen LogP contribution < -0.4 is 5.32 Å². The van der Waals surface area contributed by atoms with Crippen molar-refractivity contribution < 1.29 is 0 Å². The molecule has 16 heavy (non-hydrogen) atoms. The van der Waals surface area contributed by atoms with E-state index in [4.69, 9.17) is 0 Å². The van der Waals surface area contributed by atoms with Crippen molar-refractivity contribution >= 4 is 21.7 Å². The van der Waals surface area contributed by atoms with E-state index < -0.39 is 0 Å². The van der Waals surface area contributed by atoms with Crippen LogP contribution in [0, 0.1) is 0 Å². The summed E-state index contributed by atoms with van der Waals surface area (Å²) in [5.74, 6) is 0.784. The Morgan fingerprint density at radius 3 is 2.88 bits per heavy atom. The van der Waals surface area contributed by atoms with Crippen LogP contribution in [0.25, 0.3) is 0 Å². The van der Waals surface area contributed by atoms with Crippen LogP contribution in [-0.2, 0) is 0 Å². The monoisotopic (exact) mass is 278 g/mol. The maximum Gasteiger partial charge on any atom is 0.144 e. The lowest BCUT2D eigenvalue weighted by Crippen LogP contribution is -2.08. The summed E-state index contributed by atoms with van der Waals surface area (Å²) >= 11 is 3.39. The minimum absolute atomic E-state index is 0.153. The maximum absolute atomic E-state index is 4.15. The smallest absolute Gasteiger partial charge is 0.144 e. The number of nitrogens with zero attached hydrogens (tertiary/aromatic N) is 3. The standard InChI is InChI=1S/C11H11BrN4/c1-8(9-3-2-4-13-5-9)16-11-10(12)6-14-7-15-11/h2-8H,1H3,(H,14,15,16). The molecule has 1 unspecified atom stereocenters. The summed E-state index contributed by atoms with van der Waals surface area (Å²) in [6.07, 6.45) is 6.83. The van der Waals surface area contributed by atoms with Gasteiger partial charge in [-0.25, -0.2) is 9.97 Å². The van der Waals surface area contributed by atoms with E-state index in [0.717, 1.165) is 15.9 Å². The fourth-order valence-electron chi connectivity index (χ4n) is 1.34. The molecule has 0 aliphatic carbocycles. The molecule has 1 atom stereocenters. The van der Waals surface area contributed by atoms with E-state index in [9.17, 15) is 0 Å². The number of anilines is 1. The lowest BCUT2D eigenvalue weighted by atomic mass is 10.1. The molecule has 2 aromatic heterocycles. The Labute approximate surface area is 102 Å². The van der Waals surface area contributed by atoms with Gasteiger partial charge in [0.1, 0.15) is 12.1 Å². The van der Waals surface area contributed by atoms with Crippen LogP contribution in [0.3, 0.4) is 0 Å². The summed E-state index contributed by atoms with van der Waals surface area (Å²) < 4.78 is 0.853. The van der Waals surface area contributed by atoms with Gasteiger partial charge < -0.3 is 5.32 Å². The lowest BCUT2D eigenvalue weighted by molar-refractivity contribution is 0.862. The molecule has 2 rings (SSSR count). The minimum atomic E-state index is 0.153. The molecule has 5 heteroatoms. The van der Waals surface area contributed by atoms with E-state index in [0.29, 0.717) is 0 Å². The van der Waals surface area contributed by atoms with Gasteiger partial charge in [0.2, 0.25) is 0 Å². The molecule has 0 spiro atoms. The van der Waals surface area contributed by atoms with Gasteiger partial charge in [0, 0.05) is 18.6 Å². The van der Waals surface area contributed by atoms with Crippen molar-refractivity contribution in [1.82, 2.24) is 15.0 Å². The van der Waals surface area contributed by atoms with Gasteiger partial charge in [-0.2, -0.15) is 0 Å². The zero-order valence-corrected chi connectivity index (χ0v) is 10.3. The molecule has 0 saturated carbocycles. The Kier molecular flexibility index (Phi) is 3.46. The van der Waals surface area contributed by atoms with Gasteiger partial charge in [0.25, 0.3) is 0 Å². The molecule has 1 N–H and O–H groups in total. The number of aromatic nitrogens is 3. The molecule has 0 radical (unpaired) electrons. The number of halogens is 1. The van der Waals surface area contributed by atoms with E-state index in [1.165, 1.54) is 6.33 Å². The van der Waals surface area contributed by atoms with E-state index >= 15 is 0 Å². The van der Waals surface area contributed by atoms with Crippen LogP contribution in [0.2, 0.25) is 0 Å². The van der Waals surface area contributed by atoms with Crippen molar-refractivity contribution in [3.05, 3.63) is 47.1 Å². The Bertz CT molecular complexity index is 461. The normalized spacial score (nSPS) is 12.1. The Balaban J connectivity index is 2.14. The van der Waals surface area contributed by atoms with Crippen molar-refractivity contribution in [1.29, 1.82) is 0 Å². The van der Waals surface area contributed by atoms with Crippen LogP contribution in [-0.4, -0.2) is 15.0 Å². The highest BCUT2D eigenvalue weighted by Gasteiger charge is 2.07. The van der Waals surface area contributed by atoms with E-state index in [-0.39, 0.29) is 6.04 Å². The number of rotatable bonds is 3. The summed E-state index contributed by atoms with van der Waals surface area (Å²) in [5.41, 5.74) is 1.12. The second-order valence-corrected chi connectivity index (χ2v) is 4.23. The minimum Gasteiger partial charge on any atom is -0.362 e. The number of hydrogen-bond acceptors (Lipinski definition) is 4. The van der Waals surface area contributed by atoms with Crippen LogP contribution >= 0.6 is 15.9 Å². The van der Waals surface area contributed by atoms with Gasteiger partial charge in [-0.05, 0) is 34.5 Å². The van der Waals surface area contributed by atoms with Gasteiger partial charge >= 0.3 is 0 Å². The fourth-order valence-corrected chi connectivity index (χ4v) is 1.67. The van der Waals surface area contributed by atoms with Gasteiger partial charge in [-0.15, -0.1) is 0 Å². The van der Waals surface area contributed by atoms with Gasteiger partial charge in [0.15, 0.2) is 0 Å². The zero-order chi connectivity index (χ0) is 11.4. The molecule has 82 valence electrons. The number of nitrogens with one attached hydrogen (secondary N) is 1. The number of pyridine rings is 1. The third-order valence-electron chi connectivity index (χ3n) is 2.21. The highest BCUT2D eigenvalue weighted by Crippen LogP contribution is 2.22. The molecule has 4 nitrogen and oxygen atoms in total. The maximum atomic E-state index is 4.15. The first-order valence-electron chi connectivity index (χ1n) is 4.89. The quantitative estimate of drug-likeness (QED) is 0.938. The molecule has 2 heterocycles. The molecule has 2 aromatic rings. The molecule has 0 bridgehead atoms. The molecule has 0 saturated heterocycles. The molecular weight excluding hydrogens is 268 g/mol. The third kappa shape index (κ3) is 2.55. The molecule has 0 aliphatic heterocycles. The summed E-state index contributed by atoms with van der Waals surface area (Å²) in [4.78, 5) is 12.2. The Hall–Kier alpha value is -1.49. The fraction of sp³-hybridized carbons (Fsp3) is 0.182. The van der Waals surface area contributed by atoms with Gasteiger partial charge in [-0.3, -0.25) is 4.98 Å². The van der Waals surface area contributed by atoms with Crippen molar-refractivity contribution in [3.8, 4) is 0 Å².